The van der Waals surface area contributed by atoms with Crippen LogP contribution in [0.2, 0.25) is 0 Å². The van der Waals surface area contributed by atoms with Gasteiger partial charge in [0.25, 0.3) is 0 Å². The fraction of sp³-hybridized carbons (Fsp3) is 0.909. The minimum atomic E-state index is 0. The number of halogens is 1. The molecular weight excluding hydrogens is 228 g/mol. The highest BCUT2D eigenvalue weighted by molar-refractivity contribution is 5.85. The van der Waals surface area contributed by atoms with Crippen LogP contribution in [0.15, 0.2) is 0 Å². The average Bonchev–Trinajstić information content (AvgIpc) is 2.21. The van der Waals surface area contributed by atoms with E-state index in [9.17, 15) is 4.79 Å². The summed E-state index contributed by atoms with van der Waals surface area (Å²) in [7, 11) is 1.67. The van der Waals surface area contributed by atoms with Crippen molar-refractivity contribution in [2.75, 3.05) is 33.4 Å². The highest BCUT2D eigenvalue weighted by Gasteiger charge is 2.15. The van der Waals surface area contributed by atoms with Gasteiger partial charge in [-0.1, -0.05) is 20.8 Å². The molecule has 1 amide bonds. The lowest BCUT2D eigenvalue weighted by Gasteiger charge is -2.15. The lowest BCUT2D eigenvalue weighted by molar-refractivity contribution is -0.125. The molecule has 0 aromatic heterocycles. The molecule has 4 nitrogen and oxygen atoms in total. The predicted octanol–water partition coefficient (Wildman–Crippen LogP) is 1.05. The first kappa shape index (κ1) is 18.1. The van der Waals surface area contributed by atoms with Crippen molar-refractivity contribution in [3.05, 3.63) is 0 Å². The van der Waals surface area contributed by atoms with E-state index in [1.165, 1.54) is 0 Å². The molecule has 0 fully saturated rings. The molecule has 0 aliphatic rings. The predicted molar refractivity (Wildman–Crippen MR) is 69.0 cm³/mol. The van der Waals surface area contributed by atoms with Gasteiger partial charge in [0, 0.05) is 32.7 Å². The summed E-state index contributed by atoms with van der Waals surface area (Å²) in [5.74, 6) is 0.619. The smallest absolute Gasteiger partial charge is 0.223 e. The number of hydrogen-bond acceptors (Lipinski definition) is 3. The maximum absolute atomic E-state index is 11.5. The molecule has 0 aliphatic carbocycles. The highest BCUT2D eigenvalue weighted by Crippen LogP contribution is 2.08. The summed E-state index contributed by atoms with van der Waals surface area (Å²) in [6.45, 7) is 9.07. The number of amides is 1. The van der Waals surface area contributed by atoms with Crippen molar-refractivity contribution < 1.29 is 9.53 Å². The summed E-state index contributed by atoms with van der Waals surface area (Å²) in [6, 6.07) is 0. The Morgan fingerprint density at radius 1 is 1.19 bits per heavy atom. The van der Waals surface area contributed by atoms with Gasteiger partial charge in [-0.25, -0.2) is 0 Å². The zero-order valence-electron chi connectivity index (χ0n) is 10.7. The molecule has 5 heteroatoms. The molecule has 0 rings (SSSR count). The Labute approximate surface area is 105 Å². The molecule has 0 bridgehead atoms. The van der Waals surface area contributed by atoms with Crippen LogP contribution in [-0.4, -0.2) is 39.3 Å². The van der Waals surface area contributed by atoms with Gasteiger partial charge in [-0.2, -0.15) is 0 Å². The van der Waals surface area contributed by atoms with E-state index in [0.29, 0.717) is 19.1 Å². The Morgan fingerprint density at radius 3 is 2.31 bits per heavy atom. The summed E-state index contributed by atoms with van der Waals surface area (Å²) in [5, 5.41) is 6.07. The molecule has 16 heavy (non-hydrogen) atoms. The molecule has 0 radical (unpaired) electrons. The van der Waals surface area contributed by atoms with E-state index in [4.69, 9.17) is 4.74 Å². The molecule has 0 aliphatic heterocycles. The summed E-state index contributed by atoms with van der Waals surface area (Å²) >= 11 is 0. The SMILES string of the molecule is COCCNCCNC(=O)C(C)C(C)C.Cl. The Bertz CT molecular complexity index is 177. The van der Waals surface area contributed by atoms with Crippen LogP contribution >= 0.6 is 12.4 Å². The van der Waals surface area contributed by atoms with Crippen LogP contribution in [0.3, 0.4) is 0 Å². The van der Waals surface area contributed by atoms with E-state index < -0.39 is 0 Å². The number of methoxy groups -OCH3 is 1. The molecule has 0 saturated carbocycles. The summed E-state index contributed by atoms with van der Waals surface area (Å²) < 4.78 is 4.89. The maximum Gasteiger partial charge on any atom is 0.223 e. The fourth-order valence-corrected chi connectivity index (χ4v) is 1.04. The molecule has 1 unspecified atom stereocenters. The lowest BCUT2D eigenvalue weighted by Crippen LogP contribution is -2.37. The van der Waals surface area contributed by atoms with Crippen LogP contribution in [0.25, 0.3) is 0 Å². The van der Waals surface area contributed by atoms with Gasteiger partial charge in [-0.15, -0.1) is 12.4 Å². The Balaban J connectivity index is 0. The number of rotatable bonds is 8. The van der Waals surface area contributed by atoms with E-state index in [0.717, 1.165) is 13.1 Å². The lowest BCUT2D eigenvalue weighted by atomic mass is 9.97. The maximum atomic E-state index is 11.5. The second-order valence-corrected chi connectivity index (χ2v) is 4.07. The van der Waals surface area contributed by atoms with Crippen LogP contribution < -0.4 is 10.6 Å². The second kappa shape index (κ2) is 11.2. The first-order chi connectivity index (χ1) is 7.09. The van der Waals surface area contributed by atoms with Crippen LogP contribution in [0.1, 0.15) is 20.8 Å². The Kier molecular flexibility index (Phi) is 12.6. The largest absolute Gasteiger partial charge is 0.383 e. The van der Waals surface area contributed by atoms with Crippen molar-refractivity contribution >= 4 is 18.3 Å². The third-order valence-electron chi connectivity index (χ3n) is 2.50. The standard InChI is InChI=1S/C11H24N2O2.ClH/c1-9(2)10(3)11(14)13-6-5-12-7-8-15-4;/h9-10,12H,5-8H2,1-4H3,(H,13,14);1H. The van der Waals surface area contributed by atoms with Crippen molar-refractivity contribution in [3.8, 4) is 0 Å². The Hall–Kier alpha value is -0.320. The van der Waals surface area contributed by atoms with Crippen LogP contribution in [0.5, 0.6) is 0 Å². The molecule has 1 atom stereocenters. The monoisotopic (exact) mass is 252 g/mol. The zero-order valence-corrected chi connectivity index (χ0v) is 11.5. The summed E-state index contributed by atoms with van der Waals surface area (Å²) in [5.41, 5.74) is 0. The molecule has 0 aromatic carbocycles. The molecular formula is C11H25ClN2O2. The number of carbonyl (C=O) groups is 1. The molecule has 0 heterocycles. The molecule has 0 aromatic rings. The second-order valence-electron chi connectivity index (χ2n) is 4.07. The van der Waals surface area contributed by atoms with Gasteiger partial charge in [0.2, 0.25) is 5.91 Å². The molecule has 2 N–H and O–H groups in total. The van der Waals surface area contributed by atoms with Gasteiger partial charge in [0.05, 0.1) is 6.61 Å². The zero-order chi connectivity index (χ0) is 11.7. The first-order valence-corrected chi connectivity index (χ1v) is 5.57. The fourth-order valence-electron chi connectivity index (χ4n) is 1.04. The van der Waals surface area contributed by atoms with E-state index in [-0.39, 0.29) is 24.2 Å². The molecule has 0 spiro atoms. The van der Waals surface area contributed by atoms with Crippen molar-refractivity contribution in [1.29, 1.82) is 0 Å². The van der Waals surface area contributed by atoms with Gasteiger partial charge >= 0.3 is 0 Å². The third kappa shape index (κ3) is 8.95. The van der Waals surface area contributed by atoms with Gasteiger partial charge in [0.15, 0.2) is 0 Å². The topological polar surface area (TPSA) is 50.4 Å². The van der Waals surface area contributed by atoms with Crippen molar-refractivity contribution in [2.24, 2.45) is 11.8 Å². The normalized spacial score (nSPS) is 12.1. The van der Waals surface area contributed by atoms with Gasteiger partial charge in [-0.3, -0.25) is 4.79 Å². The van der Waals surface area contributed by atoms with Gasteiger partial charge in [0.1, 0.15) is 0 Å². The molecule has 0 saturated heterocycles. The van der Waals surface area contributed by atoms with Crippen LogP contribution in [0, 0.1) is 11.8 Å². The minimum absolute atomic E-state index is 0. The highest BCUT2D eigenvalue weighted by atomic mass is 35.5. The number of nitrogens with one attached hydrogen (secondary N) is 2. The van der Waals surface area contributed by atoms with Crippen molar-refractivity contribution in [1.82, 2.24) is 10.6 Å². The van der Waals surface area contributed by atoms with Crippen LogP contribution in [0.4, 0.5) is 0 Å². The van der Waals surface area contributed by atoms with E-state index in [2.05, 4.69) is 24.5 Å². The number of carbonyl (C=O) groups excluding carboxylic acids is 1. The first-order valence-electron chi connectivity index (χ1n) is 5.57. The van der Waals surface area contributed by atoms with Crippen LogP contribution in [-0.2, 0) is 9.53 Å². The summed E-state index contributed by atoms with van der Waals surface area (Å²) in [4.78, 5) is 11.5. The van der Waals surface area contributed by atoms with E-state index in [1.807, 2.05) is 6.92 Å². The number of hydrogen-bond donors (Lipinski definition) is 2. The molecule has 98 valence electrons. The Morgan fingerprint density at radius 2 is 1.81 bits per heavy atom. The average molecular weight is 253 g/mol. The number of ether oxygens (including phenoxy) is 1. The summed E-state index contributed by atoms with van der Waals surface area (Å²) in [6.07, 6.45) is 0. The van der Waals surface area contributed by atoms with E-state index in [1.54, 1.807) is 7.11 Å². The third-order valence-corrected chi connectivity index (χ3v) is 2.50. The van der Waals surface area contributed by atoms with Gasteiger partial charge < -0.3 is 15.4 Å². The quantitative estimate of drug-likeness (QED) is 0.635. The van der Waals surface area contributed by atoms with Gasteiger partial charge in [-0.05, 0) is 5.92 Å². The van der Waals surface area contributed by atoms with E-state index >= 15 is 0 Å². The van der Waals surface area contributed by atoms with Crippen molar-refractivity contribution in [2.45, 2.75) is 20.8 Å². The minimum Gasteiger partial charge on any atom is -0.383 e. The van der Waals surface area contributed by atoms with Crippen molar-refractivity contribution in [3.63, 3.8) is 0 Å².